The fraction of sp³-hybridized carbons (Fsp3) is 0.231. The highest BCUT2D eigenvalue weighted by molar-refractivity contribution is 6.46. The van der Waals surface area contributed by atoms with E-state index in [1.165, 1.54) is 11.2 Å². The summed E-state index contributed by atoms with van der Waals surface area (Å²) < 4.78 is 16.6. The first-order chi connectivity index (χ1) is 16.4. The lowest BCUT2D eigenvalue weighted by Gasteiger charge is -2.25. The van der Waals surface area contributed by atoms with Crippen molar-refractivity contribution in [3.05, 3.63) is 83.3 Å². The Balaban J connectivity index is 1.62. The first-order valence-corrected chi connectivity index (χ1v) is 10.9. The van der Waals surface area contributed by atoms with Crippen LogP contribution in [0.15, 0.2) is 70.9 Å². The van der Waals surface area contributed by atoms with Crippen molar-refractivity contribution in [2.45, 2.75) is 12.6 Å². The lowest BCUT2D eigenvalue weighted by Crippen LogP contribution is -2.29. The quantitative estimate of drug-likeness (QED) is 0.352. The highest BCUT2D eigenvalue weighted by atomic mass is 16.6. The lowest BCUT2D eigenvalue weighted by atomic mass is 9.95. The largest absolute Gasteiger partial charge is 0.507 e. The Morgan fingerprint density at radius 3 is 2.44 bits per heavy atom. The molecule has 2 aliphatic rings. The van der Waals surface area contributed by atoms with Gasteiger partial charge in [0.1, 0.15) is 24.7 Å². The molecule has 1 saturated heterocycles. The zero-order valence-corrected chi connectivity index (χ0v) is 18.9. The number of furan rings is 1. The molecular weight excluding hydrogens is 436 g/mol. The van der Waals surface area contributed by atoms with Crippen molar-refractivity contribution in [3.8, 4) is 11.5 Å². The van der Waals surface area contributed by atoms with Gasteiger partial charge in [-0.1, -0.05) is 12.1 Å². The summed E-state index contributed by atoms with van der Waals surface area (Å²) in [5.74, 6) is -0.128. The van der Waals surface area contributed by atoms with Crippen molar-refractivity contribution in [3.63, 3.8) is 0 Å². The third-order valence-corrected chi connectivity index (χ3v) is 5.99. The van der Waals surface area contributed by atoms with E-state index >= 15 is 0 Å². The summed E-state index contributed by atoms with van der Waals surface area (Å²) in [6.07, 6.45) is 1.52. The van der Waals surface area contributed by atoms with Crippen LogP contribution in [-0.4, -0.2) is 49.0 Å². The van der Waals surface area contributed by atoms with Crippen molar-refractivity contribution < 1.29 is 28.6 Å². The molecule has 5 rings (SSSR count). The summed E-state index contributed by atoms with van der Waals surface area (Å²) in [5, 5.41) is 11.3. The number of aliphatic hydroxyl groups excluding tert-OH is 1. The molecule has 0 bridgehead atoms. The molecule has 8 heteroatoms. The van der Waals surface area contributed by atoms with Gasteiger partial charge in [-0.3, -0.25) is 9.59 Å². The first-order valence-electron chi connectivity index (χ1n) is 10.9. The summed E-state index contributed by atoms with van der Waals surface area (Å²) in [6, 6.07) is 15.2. The predicted octanol–water partition coefficient (Wildman–Crippen LogP) is 3.74. The van der Waals surface area contributed by atoms with Crippen LogP contribution in [0.25, 0.3) is 5.76 Å². The molecule has 0 unspecified atom stereocenters. The van der Waals surface area contributed by atoms with E-state index in [9.17, 15) is 14.7 Å². The highest BCUT2D eigenvalue weighted by Crippen LogP contribution is 2.42. The van der Waals surface area contributed by atoms with Crippen molar-refractivity contribution in [2.24, 2.45) is 0 Å². The van der Waals surface area contributed by atoms with Crippen LogP contribution in [0, 0.1) is 0 Å². The van der Waals surface area contributed by atoms with E-state index in [1.54, 1.807) is 30.3 Å². The summed E-state index contributed by atoms with van der Waals surface area (Å²) in [7, 11) is 3.86. The number of carbonyl (C=O) groups excluding carboxylic acids is 2. The van der Waals surface area contributed by atoms with Gasteiger partial charge in [0.2, 0.25) is 0 Å². The molecule has 174 valence electrons. The number of Topliss-reactive ketones (excluding diaryl/α,β-unsaturated/α-hetero) is 1. The molecule has 8 nitrogen and oxygen atoms in total. The zero-order chi connectivity index (χ0) is 23.8. The lowest BCUT2D eigenvalue weighted by molar-refractivity contribution is -0.140. The number of ether oxygens (including phenoxy) is 2. The Morgan fingerprint density at radius 2 is 1.76 bits per heavy atom. The molecule has 1 amide bonds. The molecule has 1 N–H and O–H groups in total. The van der Waals surface area contributed by atoms with Gasteiger partial charge in [-0.15, -0.1) is 0 Å². The van der Waals surface area contributed by atoms with Crippen LogP contribution < -0.4 is 14.4 Å². The van der Waals surface area contributed by atoms with E-state index < -0.39 is 17.7 Å². The van der Waals surface area contributed by atoms with Crippen LogP contribution in [0.2, 0.25) is 0 Å². The Morgan fingerprint density at radius 1 is 1.03 bits per heavy atom. The van der Waals surface area contributed by atoms with Crippen molar-refractivity contribution in [2.75, 3.05) is 32.2 Å². The average Bonchev–Trinajstić information content (AvgIpc) is 3.46. The summed E-state index contributed by atoms with van der Waals surface area (Å²) >= 11 is 0. The van der Waals surface area contributed by atoms with Crippen LogP contribution in [0.3, 0.4) is 0 Å². The Labute approximate surface area is 196 Å². The van der Waals surface area contributed by atoms with Gasteiger partial charge in [0.15, 0.2) is 11.5 Å². The second-order valence-electron chi connectivity index (χ2n) is 8.35. The Hall–Kier alpha value is -4.20. The molecule has 1 atom stereocenters. The molecule has 1 aromatic heterocycles. The predicted molar refractivity (Wildman–Crippen MR) is 125 cm³/mol. The number of carbonyl (C=O) groups is 2. The minimum absolute atomic E-state index is 0.0193. The van der Waals surface area contributed by atoms with Crippen LogP contribution in [0.1, 0.15) is 22.9 Å². The van der Waals surface area contributed by atoms with Gasteiger partial charge in [-0.05, 0) is 48.0 Å². The van der Waals surface area contributed by atoms with Crippen molar-refractivity contribution >= 4 is 23.1 Å². The van der Waals surface area contributed by atoms with Gasteiger partial charge in [0.05, 0.1) is 24.4 Å². The summed E-state index contributed by atoms with van der Waals surface area (Å²) in [6.45, 7) is 0.928. The highest BCUT2D eigenvalue weighted by Gasteiger charge is 2.46. The molecule has 1 fully saturated rings. The van der Waals surface area contributed by atoms with Gasteiger partial charge in [-0.25, -0.2) is 0 Å². The number of fused-ring (bicyclic) bond motifs is 1. The van der Waals surface area contributed by atoms with Crippen LogP contribution in [0.4, 0.5) is 5.69 Å². The van der Waals surface area contributed by atoms with Crippen LogP contribution in [0.5, 0.6) is 11.5 Å². The van der Waals surface area contributed by atoms with Crippen molar-refractivity contribution in [1.29, 1.82) is 0 Å². The number of anilines is 1. The van der Waals surface area contributed by atoms with Crippen LogP contribution in [-0.2, 0) is 16.1 Å². The third kappa shape index (κ3) is 3.77. The monoisotopic (exact) mass is 460 g/mol. The van der Waals surface area contributed by atoms with E-state index in [1.807, 2.05) is 43.3 Å². The molecule has 0 saturated carbocycles. The molecule has 3 aromatic rings. The van der Waals surface area contributed by atoms with Crippen LogP contribution >= 0.6 is 0 Å². The minimum Gasteiger partial charge on any atom is -0.507 e. The van der Waals surface area contributed by atoms with E-state index in [2.05, 4.69) is 0 Å². The summed E-state index contributed by atoms with van der Waals surface area (Å²) in [5.41, 5.74) is 2.06. The number of ketones is 1. The maximum Gasteiger partial charge on any atom is 0.296 e. The SMILES string of the molecule is CN(C)c1ccc([C@H]2/C(=C(\O)c3ccc4c(c3)OCCO4)C(=O)C(=O)N2Cc2ccco2)cc1. The number of benzene rings is 2. The minimum atomic E-state index is -0.783. The van der Waals surface area contributed by atoms with Gasteiger partial charge >= 0.3 is 0 Å². The molecular formula is C26H24N2O6. The third-order valence-electron chi connectivity index (χ3n) is 5.99. The molecule has 0 radical (unpaired) electrons. The van der Waals surface area contributed by atoms with Crippen molar-refractivity contribution in [1.82, 2.24) is 4.90 Å². The van der Waals surface area contributed by atoms with E-state index in [0.29, 0.717) is 41.6 Å². The standard InChI is InChI=1S/C26H24N2O6/c1-27(2)18-8-5-16(6-9-18)23-22(25(30)26(31)28(23)15-19-4-3-11-32-19)24(29)17-7-10-20-21(14-17)34-13-12-33-20/h3-11,14,23,29H,12-13,15H2,1-2H3/b24-22+/t23-/m0/s1. The first kappa shape index (κ1) is 21.6. The van der Waals surface area contributed by atoms with E-state index in [4.69, 9.17) is 13.9 Å². The fourth-order valence-corrected chi connectivity index (χ4v) is 4.26. The second-order valence-corrected chi connectivity index (χ2v) is 8.35. The normalized spacial score (nSPS) is 18.9. The number of likely N-dealkylation sites (tertiary alicyclic amines) is 1. The van der Waals surface area contributed by atoms with Gasteiger partial charge in [-0.2, -0.15) is 0 Å². The molecule has 2 aliphatic heterocycles. The molecule has 34 heavy (non-hydrogen) atoms. The van der Waals surface area contributed by atoms with Gasteiger partial charge < -0.3 is 28.8 Å². The van der Waals surface area contributed by atoms with Gasteiger partial charge in [0, 0.05) is 25.3 Å². The Bertz CT molecular complexity index is 1260. The fourth-order valence-electron chi connectivity index (χ4n) is 4.26. The molecule has 3 heterocycles. The number of nitrogens with zero attached hydrogens (tertiary/aromatic N) is 2. The smallest absolute Gasteiger partial charge is 0.296 e. The number of rotatable bonds is 5. The van der Waals surface area contributed by atoms with E-state index in [0.717, 1.165) is 5.69 Å². The topological polar surface area (TPSA) is 92.5 Å². The Kier molecular flexibility index (Phi) is 5.49. The number of amides is 1. The number of hydrogen-bond acceptors (Lipinski definition) is 7. The van der Waals surface area contributed by atoms with E-state index in [-0.39, 0.29) is 17.9 Å². The zero-order valence-electron chi connectivity index (χ0n) is 18.9. The summed E-state index contributed by atoms with van der Waals surface area (Å²) in [4.78, 5) is 29.7. The molecule has 2 aromatic carbocycles. The second kappa shape index (κ2) is 8.62. The maximum absolute atomic E-state index is 13.2. The number of hydrogen-bond donors (Lipinski definition) is 1. The average molecular weight is 460 g/mol. The molecule has 0 spiro atoms. The number of aliphatic hydroxyl groups is 1. The van der Waals surface area contributed by atoms with Gasteiger partial charge in [0.25, 0.3) is 11.7 Å². The maximum atomic E-state index is 13.2. The molecule has 0 aliphatic carbocycles.